The van der Waals surface area contributed by atoms with Crippen molar-refractivity contribution in [3.8, 4) is 6.07 Å². The molecule has 1 N–H and O–H groups in total. The molecule has 0 saturated carbocycles. The number of nitriles is 1. The minimum atomic E-state index is -0.553. The molecule has 0 fully saturated rings. The van der Waals surface area contributed by atoms with Gasteiger partial charge in [-0.05, 0) is 40.3 Å². The number of hydrogen-bond acceptors (Lipinski definition) is 4. The molecule has 2 aromatic rings. The van der Waals surface area contributed by atoms with Gasteiger partial charge in [0.15, 0.2) is 0 Å². The highest BCUT2D eigenvalue weighted by Gasteiger charge is 2.17. The SMILES string of the molecule is N#Cc1ccc(CNc2cc(F)c(I)cc2[N+](=O)[O-])cc1. The number of nitro benzene ring substituents is 1. The van der Waals surface area contributed by atoms with Crippen LogP contribution in [0, 0.1) is 30.8 Å². The van der Waals surface area contributed by atoms with Gasteiger partial charge >= 0.3 is 0 Å². The van der Waals surface area contributed by atoms with Crippen molar-refractivity contribution in [1.29, 1.82) is 5.26 Å². The van der Waals surface area contributed by atoms with Crippen LogP contribution < -0.4 is 5.32 Å². The van der Waals surface area contributed by atoms with E-state index in [0.717, 1.165) is 11.6 Å². The summed E-state index contributed by atoms with van der Waals surface area (Å²) in [5.41, 5.74) is 1.32. The van der Waals surface area contributed by atoms with Crippen LogP contribution in [-0.4, -0.2) is 4.92 Å². The van der Waals surface area contributed by atoms with Crippen molar-refractivity contribution in [3.63, 3.8) is 0 Å². The van der Waals surface area contributed by atoms with Gasteiger partial charge in [0.2, 0.25) is 0 Å². The second-order valence-electron chi connectivity index (χ2n) is 4.20. The third-order valence-corrected chi connectivity index (χ3v) is 3.63. The molecular weight excluding hydrogens is 388 g/mol. The molecule has 2 rings (SSSR count). The van der Waals surface area contributed by atoms with Crippen molar-refractivity contribution in [2.75, 3.05) is 5.32 Å². The summed E-state index contributed by atoms with van der Waals surface area (Å²) >= 11 is 1.71. The lowest BCUT2D eigenvalue weighted by atomic mass is 10.1. The highest BCUT2D eigenvalue weighted by molar-refractivity contribution is 14.1. The van der Waals surface area contributed by atoms with Crippen molar-refractivity contribution in [1.82, 2.24) is 0 Å². The third-order valence-electron chi connectivity index (χ3n) is 2.80. The summed E-state index contributed by atoms with van der Waals surface area (Å²) in [6, 6.07) is 11.1. The van der Waals surface area contributed by atoms with Crippen molar-refractivity contribution in [2.45, 2.75) is 6.54 Å². The monoisotopic (exact) mass is 397 g/mol. The molecule has 21 heavy (non-hydrogen) atoms. The number of rotatable bonds is 4. The highest BCUT2D eigenvalue weighted by Crippen LogP contribution is 2.29. The molecule has 0 bridgehead atoms. The van der Waals surface area contributed by atoms with E-state index < -0.39 is 10.7 Å². The standard InChI is InChI=1S/C14H9FIN3O2/c15-11-5-13(14(19(20)21)6-12(11)16)18-8-10-3-1-9(7-17)2-4-10/h1-6,18H,8H2. The quantitative estimate of drug-likeness (QED) is 0.483. The summed E-state index contributed by atoms with van der Waals surface area (Å²) < 4.78 is 13.7. The number of nitrogens with one attached hydrogen (secondary N) is 1. The summed E-state index contributed by atoms with van der Waals surface area (Å²) in [5, 5.41) is 22.5. The second kappa shape index (κ2) is 6.49. The van der Waals surface area contributed by atoms with Crippen LogP contribution in [0.2, 0.25) is 0 Å². The minimum Gasteiger partial charge on any atom is -0.375 e. The molecule has 106 valence electrons. The molecule has 0 atom stereocenters. The topological polar surface area (TPSA) is 79.0 Å². The molecule has 2 aromatic carbocycles. The first kappa shape index (κ1) is 15.2. The molecule has 0 aromatic heterocycles. The Morgan fingerprint density at radius 3 is 2.57 bits per heavy atom. The van der Waals surface area contributed by atoms with Gasteiger partial charge in [0.05, 0.1) is 20.1 Å². The summed E-state index contributed by atoms with van der Waals surface area (Å²) in [6.07, 6.45) is 0. The van der Waals surface area contributed by atoms with Crippen LogP contribution in [0.25, 0.3) is 0 Å². The Morgan fingerprint density at radius 2 is 2.00 bits per heavy atom. The molecule has 0 unspecified atom stereocenters. The van der Waals surface area contributed by atoms with E-state index in [-0.39, 0.29) is 14.9 Å². The van der Waals surface area contributed by atoms with Crippen LogP contribution in [0.3, 0.4) is 0 Å². The number of anilines is 1. The van der Waals surface area contributed by atoms with Crippen LogP contribution in [0.1, 0.15) is 11.1 Å². The summed E-state index contributed by atoms with van der Waals surface area (Å²) in [5.74, 6) is -0.511. The van der Waals surface area contributed by atoms with Gasteiger partial charge < -0.3 is 5.32 Å². The zero-order valence-corrected chi connectivity index (χ0v) is 12.8. The van der Waals surface area contributed by atoms with Crippen molar-refractivity contribution >= 4 is 34.0 Å². The van der Waals surface area contributed by atoms with Gasteiger partial charge in [-0.25, -0.2) is 4.39 Å². The molecule has 0 spiro atoms. The van der Waals surface area contributed by atoms with E-state index in [1.54, 1.807) is 46.9 Å². The van der Waals surface area contributed by atoms with E-state index in [0.29, 0.717) is 12.1 Å². The lowest BCUT2D eigenvalue weighted by Gasteiger charge is -2.08. The summed E-state index contributed by atoms with van der Waals surface area (Å²) in [6.45, 7) is 0.298. The number of nitrogens with zero attached hydrogens (tertiary/aromatic N) is 2. The molecule has 0 aliphatic carbocycles. The maximum absolute atomic E-state index is 13.5. The molecule has 0 saturated heterocycles. The number of halogens is 2. The molecule has 0 aliphatic rings. The van der Waals surface area contributed by atoms with Crippen LogP contribution in [0.15, 0.2) is 36.4 Å². The molecule has 7 heteroatoms. The van der Waals surface area contributed by atoms with E-state index in [1.165, 1.54) is 6.07 Å². The van der Waals surface area contributed by atoms with E-state index in [2.05, 4.69) is 5.32 Å². The fraction of sp³-hybridized carbons (Fsp3) is 0.0714. The molecule has 5 nitrogen and oxygen atoms in total. The Labute approximate surface area is 133 Å². The molecular formula is C14H9FIN3O2. The minimum absolute atomic E-state index is 0.127. The van der Waals surface area contributed by atoms with Gasteiger partial charge in [-0.1, -0.05) is 12.1 Å². The highest BCUT2D eigenvalue weighted by atomic mass is 127. The van der Waals surface area contributed by atoms with E-state index in [4.69, 9.17) is 5.26 Å². The molecule has 0 amide bonds. The zero-order chi connectivity index (χ0) is 15.4. The van der Waals surface area contributed by atoms with Gasteiger partial charge in [0.25, 0.3) is 5.69 Å². The third kappa shape index (κ3) is 3.66. The number of benzene rings is 2. The Kier molecular flexibility index (Phi) is 4.70. The molecule has 0 heterocycles. The number of nitro groups is 1. The Hall–Kier alpha value is -2.21. The lowest BCUT2D eigenvalue weighted by molar-refractivity contribution is -0.384. The van der Waals surface area contributed by atoms with E-state index in [1.807, 2.05) is 6.07 Å². The predicted octanol–water partition coefficient (Wildman–Crippen LogP) is 3.82. The first-order valence-corrected chi connectivity index (χ1v) is 6.95. The smallest absolute Gasteiger partial charge is 0.293 e. The predicted molar refractivity (Wildman–Crippen MR) is 84.3 cm³/mol. The first-order valence-electron chi connectivity index (χ1n) is 5.87. The maximum Gasteiger partial charge on any atom is 0.293 e. The average molecular weight is 397 g/mol. The maximum atomic E-state index is 13.5. The summed E-state index contributed by atoms with van der Waals surface area (Å²) in [4.78, 5) is 10.4. The normalized spacial score (nSPS) is 9.95. The van der Waals surface area contributed by atoms with Gasteiger partial charge in [-0.3, -0.25) is 10.1 Å². The van der Waals surface area contributed by atoms with Gasteiger partial charge in [-0.15, -0.1) is 0 Å². The fourth-order valence-electron chi connectivity index (χ4n) is 1.72. The van der Waals surface area contributed by atoms with Crippen molar-refractivity contribution in [2.24, 2.45) is 0 Å². The van der Waals surface area contributed by atoms with Crippen LogP contribution in [0.4, 0.5) is 15.8 Å². The summed E-state index contributed by atoms with van der Waals surface area (Å²) in [7, 11) is 0. The van der Waals surface area contributed by atoms with Gasteiger partial charge in [-0.2, -0.15) is 5.26 Å². The number of hydrogen-bond donors (Lipinski definition) is 1. The first-order chi connectivity index (χ1) is 10.0. The van der Waals surface area contributed by atoms with E-state index >= 15 is 0 Å². The largest absolute Gasteiger partial charge is 0.375 e. The Morgan fingerprint density at radius 1 is 1.33 bits per heavy atom. The average Bonchev–Trinajstić information content (AvgIpc) is 2.48. The van der Waals surface area contributed by atoms with Gasteiger partial charge in [0, 0.05) is 18.7 Å². The molecule has 0 aliphatic heterocycles. The zero-order valence-electron chi connectivity index (χ0n) is 10.6. The van der Waals surface area contributed by atoms with Crippen molar-refractivity contribution in [3.05, 3.63) is 67.0 Å². The van der Waals surface area contributed by atoms with Gasteiger partial charge in [0.1, 0.15) is 11.5 Å². The van der Waals surface area contributed by atoms with Crippen LogP contribution >= 0.6 is 22.6 Å². The Bertz CT molecular complexity index is 726. The molecule has 0 radical (unpaired) electrons. The second-order valence-corrected chi connectivity index (χ2v) is 5.37. The Balaban J connectivity index is 2.21. The van der Waals surface area contributed by atoms with Crippen molar-refractivity contribution < 1.29 is 9.31 Å². The van der Waals surface area contributed by atoms with Crippen LogP contribution in [0.5, 0.6) is 0 Å². The lowest BCUT2D eigenvalue weighted by Crippen LogP contribution is -2.04. The van der Waals surface area contributed by atoms with Crippen LogP contribution in [-0.2, 0) is 6.54 Å². The fourth-order valence-corrected chi connectivity index (χ4v) is 2.17. The van der Waals surface area contributed by atoms with E-state index in [9.17, 15) is 14.5 Å².